The molecule has 5 heteroatoms. The average Bonchev–Trinajstić information content (AvgIpc) is 2.72. The monoisotopic (exact) mass is 214 g/mol. The molecule has 1 heterocycles. The Bertz CT molecular complexity index is 513. The first-order chi connectivity index (χ1) is 7.85. The predicted octanol–water partition coefficient (Wildman–Crippen LogP) is 1.60. The topological polar surface area (TPSA) is 73.9 Å². The molecule has 5 nitrogen and oxygen atoms in total. The van der Waals surface area contributed by atoms with E-state index in [1.54, 1.807) is 4.57 Å². The third-order valence-electron chi connectivity index (χ3n) is 2.25. The fourth-order valence-electron chi connectivity index (χ4n) is 1.48. The van der Waals surface area contributed by atoms with E-state index in [4.69, 9.17) is 10.5 Å². The van der Waals surface area contributed by atoms with E-state index in [-0.39, 0.29) is 5.82 Å². The second-order valence-corrected chi connectivity index (χ2v) is 3.28. The lowest BCUT2D eigenvalue weighted by Gasteiger charge is -2.03. The molecular formula is C11H10N4O. The van der Waals surface area contributed by atoms with Crippen molar-refractivity contribution in [3.05, 3.63) is 47.9 Å². The molecule has 1 aromatic heterocycles. The van der Waals surface area contributed by atoms with Gasteiger partial charge in [0.1, 0.15) is 6.07 Å². The minimum absolute atomic E-state index is 0.179. The second kappa shape index (κ2) is 4.47. The van der Waals surface area contributed by atoms with Crippen LogP contribution in [0.3, 0.4) is 0 Å². The van der Waals surface area contributed by atoms with Crippen LogP contribution in [0.4, 0.5) is 5.82 Å². The summed E-state index contributed by atoms with van der Waals surface area (Å²) in [5, 5.41) is 17.7. The van der Waals surface area contributed by atoms with Gasteiger partial charge in [0.2, 0.25) is 0 Å². The Morgan fingerprint density at radius 3 is 2.75 bits per heavy atom. The summed E-state index contributed by atoms with van der Waals surface area (Å²) in [6.45, 7) is 0.554. The molecule has 0 aliphatic carbocycles. The SMILES string of the molecule is N#Cc1c(NO)ncn1Cc1ccccc1. The highest BCUT2D eigenvalue weighted by Gasteiger charge is 2.09. The molecule has 0 bridgehead atoms. The smallest absolute Gasteiger partial charge is 0.186 e. The van der Waals surface area contributed by atoms with Gasteiger partial charge in [-0.05, 0) is 5.56 Å². The van der Waals surface area contributed by atoms with E-state index < -0.39 is 0 Å². The zero-order valence-corrected chi connectivity index (χ0v) is 8.46. The van der Waals surface area contributed by atoms with Crippen LogP contribution in [0.5, 0.6) is 0 Å². The summed E-state index contributed by atoms with van der Waals surface area (Å²) in [7, 11) is 0. The number of benzene rings is 1. The molecule has 2 N–H and O–H groups in total. The van der Waals surface area contributed by atoms with E-state index in [1.807, 2.05) is 41.9 Å². The fourth-order valence-corrected chi connectivity index (χ4v) is 1.48. The average molecular weight is 214 g/mol. The van der Waals surface area contributed by atoms with Gasteiger partial charge in [-0.3, -0.25) is 5.21 Å². The van der Waals surface area contributed by atoms with Crippen LogP contribution in [0.25, 0.3) is 0 Å². The van der Waals surface area contributed by atoms with Crippen molar-refractivity contribution >= 4 is 5.82 Å². The first-order valence-electron chi connectivity index (χ1n) is 4.74. The van der Waals surface area contributed by atoms with Gasteiger partial charge in [0.05, 0.1) is 6.33 Å². The molecule has 0 aliphatic heterocycles. The molecular weight excluding hydrogens is 204 g/mol. The highest BCUT2D eigenvalue weighted by atomic mass is 16.5. The summed E-state index contributed by atoms with van der Waals surface area (Å²) in [5.41, 5.74) is 3.28. The number of nitriles is 1. The van der Waals surface area contributed by atoms with Crippen LogP contribution in [0.1, 0.15) is 11.3 Å². The van der Waals surface area contributed by atoms with E-state index in [9.17, 15) is 0 Å². The molecule has 2 rings (SSSR count). The fraction of sp³-hybridized carbons (Fsp3) is 0.0909. The number of hydrogen-bond acceptors (Lipinski definition) is 4. The van der Waals surface area contributed by atoms with E-state index in [0.29, 0.717) is 12.2 Å². The van der Waals surface area contributed by atoms with E-state index in [1.165, 1.54) is 6.33 Å². The number of nitrogens with zero attached hydrogens (tertiary/aromatic N) is 3. The molecule has 2 aromatic rings. The van der Waals surface area contributed by atoms with Gasteiger partial charge in [-0.25, -0.2) is 10.5 Å². The Morgan fingerprint density at radius 2 is 2.12 bits per heavy atom. The van der Waals surface area contributed by atoms with Gasteiger partial charge in [-0.1, -0.05) is 30.3 Å². The van der Waals surface area contributed by atoms with Crippen molar-refractivity contribution in [1.29, 1.82) is 5.26 Å². The quantitative estimate of drug-likeness (QED) is 0.761. The van der Waals surface area contributed by atoms with Crippen molar-refractivity contribution in [3.63, 3.8) is 0 Å². The molecule has 0 radical (unpaired) electrons. The van der Waals surface area contributed by atoms with E-state index in [2.05, 4.69) is 4.98 Å². The van der Waals surface area contributed by atoms with Crippen LogP contribution in [-0.4, -0.2) is 14.8 Å². The van der Waals surface area contributed by atoms with Gasteiger partial charge in [-0.15, -0.1) is 0 Å². The Kier molecular flexibility index (Phi) is 2.85. The molecule has 0 atom stereocenters. The van der Waals surface area contributed by atoms with Gasteiger partial charge >= 0.3 is 0 Å². The van der Waals surface area contributed by atoms with Gasteiger partial charge < -0.3 is 4.57 Å². The maximum Gasteiger partial charge on any atom is 0.186 e. The summed E-state index contributed by atoms with van der Waals surface area (Å²) < 4.78 is 1.67. The van der Waals surface area contributed by atoms with Crippen LogP contribution in [0.15, 0.2) is 36.7 Å². The Morgan fingerprint density at radius 1 is 1.38 bits per heavy atom. The zero-order chi connectivity index (χ0) is 11.4. The van der Waals surface area contributed by atoms with Crippen LogP contribution in [0, 0.1) is 11.3 Å². The second-order valence-electron chi connectivity index (χ2n) is 3.28. The number of aromatic nitrogens is 2. The normalized spacial score (nSPS) is 9.75. The number of rotatable bonds is 3. The minimum atomic E-state index is 0.179. The van der Waals surface area contributed by atoms with Crippen LogP contribution in [-0.2, 0) is 6.54 Å². The summed E-state index contributed by atoms with van der Waals surface area (Å²) >= 11 is 0. The van der Waals surface area contributed by atoms with Crippen molar-refractivity contribution in [2.24, 2.45) is 0 Å². The lowest BCUT2D eigenvalue weighted by atomic mass is 10.2. The molecule has 0 spiro atoms. The largest absolute Gasteiger partial charge is 0.316 e. The first-order valence-corrected chi connectivity index (χ1v) is 4.74. The zero-order valence-electron chi connectivity index (χ0n) is 8.46. The highest BCUT2D eigenvalue weighted by molar-refractivity contribution is 5.46. The molecule has 0 saturated carbocycles. The Balaban J connectivity index is 2.29. The number of nitrogens with one attached hydrogen (secondary N) is 1. The number of hydrogen-bond donors (Lipinski definition) is 2. The van der Waals surface area contributed by atoms with Gasteiger partial charge in [0.25, 0.3) is 0 Å². The lowest BCUT2D eigenvalue weighted by Crippen LogP contribution is -2.02. The molecule has 0 saturated heterocycles. The molecule has 0 amide bonds. The summed E-state index contributed by atoms with van der Waals surface area (Å²) in [5.74, 6) is 0.179. The maximum atomic E-state index is 8.94. The first kappa shape index (κ1) is 10.2. The van der Waals surface area contributed by atoms with Crippen molar-refractivity contribution in [2.75, 3.05) is 5.48 Å². The minimum Gasteiger partial charge on any atom is -0.316 e. The third-order valence-corrected chi connectivity index (χ3v) is 2.25. The molecule has 0 aliphatic rings. The molecule has 0 fully saturated rings. The van der Waals surface area contributed by atoms with Crippen molar-refractivity contribution in [3.8, 4) is 6.07 Å². The van der Waals surface area contributed by atoms with E-state index >= 15 is 0 Å². The van der Waals surface area contributed by atoms with Gasteiger partial charge in [0.15, 0.2) is 11.5 Å². The predicted molar refractivity (Wildman–Crippen MR) is 57.9 cm³/mol. The van der Waals surface area contributed by atoms with Crippen LogP contribution in [0.2, 0.25) is 0 Å². The summed E-state index contributed by atoms with van der Waals surface area (Å²) in [4.78, 5) is 3.88. The number of anilines is 1. The lowest BCUT2D eigenvalue weighted by molar-refractivity contribution is 0.386. The molecule has 80 valence electrons. The highest BCUT2D eigenvalue weighted by Crippen LogP contribution is 2.13. The Hall–Kier alpha value is -2.32. The molecule has 0 unspecified atom stereocenters. The van der Waals surface area contributed by atoms with Crippen molar-refractivity contribution in [1.82, 2.24) is 9.55 Å². The Labute approximate surface area is 92.5 Å². The summed E-state index contributed by atoms with van der Waals surface area (Å²) in [6, 6.07) is 11.7. The van der Waals surface area contributed by atoms with Crippen LogP contribution < -0.4 is 5.48 Å². The van der Waals surface area contributed by atoms with Crippen molar-refractivity contribution < 1.29 is 5.21 Å². The molecule has 16 heavy (non-hydrogen) atoms. The van der Waals surface area contributed by atoms with E-state index in [0.717, 1.165) is 5.56 Å². The molecule has 1 aromatic carbocycles. The van der Waals surface area contributed by atoms with Gasteiger partial charge in [-0.2, -0.15) is 5.26 Å². The van der Waals surface area contributed by atoms with Gasteiger partial charge in [0, 0.05) is 6.54 Å². The summed E-state index contributed by atoms with van der Waals surface area (Å²) in [6.07, 6.45) is 1.52. The number of imidazole rings is 1. The standard InChI is InChI=1S/C11H10N4O/c12-6-10-11(14-16)13-8-15(10)7-9-4-2-1-3-5-9/h1-5,8,14,16H,7H2. The third kappa shape index (κ3) is 1.87. The van der Waals surface area contributed by atoms with Crippen LogP contribution >= 0.6 is 0 Å². The van der Waals surface area contributed by atoms with Crippen molar-refractivity contribution in [2.45, 2.75) is 6.54 Å². The maximum absolute atomic E-state index is 8.94.